The molecule has 0 heterocycles. The average molecular weight is 442 g/mol. The van der Waals surface area contributed by atoms with E-state index < -0.39 is 26.2 Å². The Morgan fingerprint density at radius 3 is 1.84 bits per heavy atom. The molecule has 0 bridgehead atoms. The zero-order valence-electron chi connectivity index (χ0n) is 19.5. The molecule has 0 fully saturated rings. The van der Waals surface area contributed by atoms with Gasteiger partial charge in [-0.3, -0.25) is 4.79 Å². The Kier molecular flexibility index (Phi) is 8.59. The molecule has 1 amide bonds. The Morgan fingerprint density at radius 2 is 1.42 bits per heavy atom. The van der Waals surface area contributed by atoms with E-state index in [-0.39, 0.29) is 10.9 Å². The van der Waals surface area contributed by atoms with Crippen molar-refractivity contribution in [1.29, 1.82) is 0 Å². The van der Waals surface area contributed by atoms with Gasteiger partial charge in [0.2, 0.25) is 5.91 Å². The number of hydrogen-bond acceptors (Lipinski definition) is 4. The summed E-state index contributed by atoms with van der Waals surface area (Å²) in [6, 6.07) is 18.4. The number of amides is 1. The standard InChI is InChI=1S/C25H35NO4Si/c1-25(2,3)31(5,6)30-18-17-21(24(28)29-4)26-23(27)22(19-13-9-7-10-14-19)20-15-11-8-12-16-20/h7-16,21-22H,17-18H2,1-6H3,(H,26,27)/t21-/m0/s1. The van der Waals surface area contributed by atoms with Crippen LogP contribution in [0.4, 0.5) is 0 Å². The molecule has 0 aliphatic carbocycles. The molecule has 0 aliphatic rings. The van der Waals surface area contributed by atoms with Gasteiger partial charge in [0.25, 0.3) is 0 Å². The second-order valence-electron chi connectivity index (χ2n) is 9.24. The minimum Gasteiger partial charge on any atom is -0.467 e. The van der Waals surface area contributed by atoms with E-state index in [0.717, 1.165) is 11.1 Å². The Hall–Kier alpha value is -2.44. The second-order valence-corrected chi connectivity index (χ2v) is 14.0. The van der Waals surface area contributed by atoms with Crippen LogP contribution in [0, 0.1) is 0 Å². The molecule has 168 valence electrons. The van der Waals surface area contributed by atoms with Gasteiger partial charge in [-0.25, -0.2) is 4.79 Å². The summed E-state index contributed by atoms with van der Waals surface area (Å²) < 4.78 is 11.2. The van der Waals surface area contributed by atoms with E-state index in [2.05, 4.69) is 39.2 Å². The number of carbonyl (C=O) groups excluding carboxylic acids is 2. The van der Waals surface area contributed by atoms with Crippen molar-refractivity contribution in [3.63, 3.8) is 0 Å². The van der Waals surface area contributed by atoms with Crippen LogP contribution in [0.5, 0.6) is 0 Å². The van der Waals surface area contributed by atoms with Crippen LogP contribution < -0.4 is 5.32 Å². The van der Waals surface area contributed by atoms with Crippen LogP contribution >= 0.6 is 0 Å². The molecule has 0 spiro atoms. The van der Waals surface area contributed by atoms with Gasteiger partial charge in [-0.2, -0.15) is 0 Å². The Labute approximate surface area is 187 Å². The van der Waals surface area contributed by atoms with Crippen molar-refractivity contribution in [3.05, 3.63) is 71.8 Å². The monoisotopic (exact) mass is 441 g/mol. The van der Waals surface area contributed by atoms with E-state index in [1.165, 1.54) is 7.11 Å². The topological polar surface area (TPSA) is 64.6 Å². The number of benzene rings is 2. The molecule has 0 saturated heterocycles. The van der Waals surface area contributed by atoms with E-state index in [9.17, 15) is 9.59 Å². The van der Waals surface area contributed by atoms with Gasteiger partial charge in [0, 0.05) is 13.0 Å². The van der Waals surface area contributed by atoms with Crippen molar-refractivity contribution in [3.8, 4) is 0 Å². The molecule has 6 heteroatoms. The minimum absolute atomic E-state index is 0.0721. The average Bonchev–Trinajstić information content (AvgIpc) is 2.73. The Balaban J connectivity index is 2.18. The quantitative estimate of drug-likeness (QED) is 0.445. The van der Waals surface area contributed by atoms with E-state index >= 15 is 0 Å². The van der Waals surface area contributed by atoms with Crippen molar-refractivity contribution in [2.75, 3.05) is 13.7 Å². The number of rotatable bonds is 9. The van der Waals surface area contributed by atoms with Crippen LogP contribution in [0.3, 0.4) is 0 Å². The van der Waals surface area contributed by atoms with E-state index in [4.69, 9.17) is 9.16 Å². The molecule has 0 unspecified atom stereocenters. The highest BCUT2D eigenvalue weighted by molar-refractivity contribution is 6.74. The highest BCUT2D eigenvalue weighted by Crippen LogP contribution is 2.36. The van der Waals surface area contributed by atoms with Crippen molar-refractivity contribution in [2.24, 2.45) is 0 Å². The smallest absolute Gasteiger partial charge is 0.328 e. The number of ether oxygens (including phenoxy) is 1. The SMILES string of the molecule is COC(=O)[C@H](CCO[Si](C)(C)C(C)(C)C)NC(=O)C(c1ccccc1)c1ccccc1. The van der Waals surface area contributed by atoms with Gasteiger partial charge < -0.3 is 14.5 Å². The summed E-state index contributed by atoms with van der Waals surface area (Å²) in [5, 5.41) is 2.98. The summed E-state index contributed by atoms with van der Waals surface area (Å²) in [7, 11) is -0.613. The molecule has 2 aromatic rings. The predicted octanol–water partition coefficient (Wildman–Crippen LogP) is 4.89. The van der Waals surface area contributed by atoms with Crippen LogP contribution in [0.2, 0.25) is 18.1 Å². The molecule has 0 aliphatic heterocycles. The highest BCUT2D eigenvalue weighted by atomic mass is 28.4. The first-order valence-corrected chi connectivity index (χ1v) is 13.6. The molecular weight excluding hydrogens is 406 g/mol. The van der Waals surface area contributed by atoms with Crippen LogP contribution in [0.1, 0.15) is 44.2 Å². The molecule has 5 nitrogen and oxygen atoms in total. The number of methoxy groups -OCH3 is 1. The number of esters is 1. The third-order valence-corrected chi connectivity index (χ3v) is 10.5. The summed E-state index contributed by atoms with van der Waals surface area (Å²) in [5.41, 5.74) is 1.74. The van der Waals surface area contributed by atoms with Gasteiger partial charge >= 0.3 is 5.97 Å². The van der Waals surface area contributed by atoms with Crippen molar-refractivity contribution in [1.82, 2.24) is 5.32 Å². The number of carbonyl (C=O) groups is 2. The number of nitrogens with one attached hydrogen (secondary N) is 1. The molecule has 0 saturated carbocycles. The Morgan fingerprint density at radius 1 is 0.935 bits per heavy atom. The normalized spacial score (nSPS) is 13.0. The first-order chi connectivity index (χ1) is 14.6. The third kappa shape index (κ3) is 6.77. The fourth-order valence-corrected chi connectivity index (χ4v) is 4.14. The maximum absolute atomic E-state index is 13.3. The second kappa shape index (κ2) is 10.7. The van der Waals surface area contributed by atoms with Gasteiger partial charge in [-0.05, 0) is 29.3 Å². The molecule has 1 atom stereocenters. The van der Waals surface area contributed by atoms with Crippen molar-refractivity contribution >= 4 is 20.2 Å². The van der Waals surface area contributed by atoms with Gasteiger partial charge in [0.15, 0.2) is 8.32 Å². The predicted molar refractivity (Wildman–Crippen MR) is 126 cm³/mol. The summed E-state index contributed by atoms with van der Waals surface area (Å²) in [4.78, 5) is 25.8. The van der Waals surface area contributed by atoms with Crippen LogP contribution in [-0.2, 0) is 18.8 Å². The van der Waals surface area contributed by atoms with E-state index in [1.807, 2.05) is 60.7 Å². The molecular formula is C25H35NO4Si. The largest absolute Gasteiger partial charge is 0.467 e. The first kappa shape index (κ1) is 24.8. The lowest BCUT2D eigenvalue weighted by Crippen LogP contribution is -2.46. The zero-order valence-corrected chi connectivity index (χ0v) is 20.5. The molecule has 0 radical (unpaired) electrons. The van der Waals surface area contributed by atoms with Gasteiger partial charge in [-0.1, -0.05) is 81.4 Å². The third-order valence-electron chi connectivity index (χ3n) is 6.01. The highest BCUT2D eigenvalue weighted by Gasteiger charge is 2.37. The maximum atomic E-state index is 13.3. The summed E-state index contributed by atoms with van der Waals surface area (Å²) >= 11 is 0. The summed E-state index contributed by atoms with van der Waals surface area (Å²) in [5.74, 6) is -1.22. The number of hydrogen-bond donors (Lipinski definition) is 1. The molecule has 1 N–H and O–H groups in total. The van der Waals surface area contributed by atoms with Gasteiger partial charge in [0.1, 0.15) is 6.04 Å². The fraction of sp³-hybridized carbons (Fsp3) is 0.440. The van der Waals surface area contributed by atoms with Crippen LogP contribution in [0.15, 0.2) is 60.7 Å². The van der Waals surface area contributed by atoms with E-state index in [0.29, 0.717) is 13.0 Å². The van der Waals surface area contributed by atoms with Gasteiger partial charge in [-0.15, -0.1) is 0 Å². The zero-order chi connectivity index (χ0) is 23.1. The van der Waals surface area contributed by atoms with E-state index in [1.54, 1.807) is 0 Å². The molecule has 0 aromatic heterocycles. The fourth-order valence-electron chi connectivity index (χ4n) is 3.08. The summed E-state index contributed by atoms with van der Waals surface area (Å²) in [6.45, 7) is 11.2. The Bertz CT molecular complexity index is 807. The lowest BCUT2D eigenvalue weighted by atomic mass is 9.90. The van der Waals surface area contributed by atoms with Crippen molar-refractivity contribution in [2.45, 2.75) is 57.3 Å². The molecule has 2 aromatic carbocycles. The lowest BCUT2D eigenvalue weighted by molar-refractivity contribution is -0.145. The molecule has 31 heavy (non-hydrogen) atoms. The molecule has 2 rings (SSSR count). The first-order valence-electron chi connectivity index (χ1n) is 10.7. The van der Waals surface area contributed by atoms with Crippen LogP contribution in [0.25, 0.3) is 0 Å². The lowest BCUT2D eigenvalue weighted by Gasteiger charge is -2.36. The maximum Gasteiger partial charge on any atom is 0.328 e. The summed E-state index contributed by atoms with van der Waals surface area (Å²) in [6.07, 6.45) is 0.362. The van der Waals surface area contributed by atoms with Crippen LogP contribution in [-0.4, -0.2) is 40.0 Å². The van der Waals surface area contributed by atoms with Crippen molar-refractivity contribution < 1.29 is 18.8 Å². The minimum atomic E-state index is -1.95. The van der Waals surface area contributed by atoms with Gasteiger partial charge in [0.05, 0.1) is 13.0 Å².